The van der Waals surface area contributed by atoms with Crippen molar-refractivity contribution < 1.29 is 18.7 Å². The Hall–Kier alpha value is -3.21. The number of alkyl halides is 1. The standard InChI is InChI=1S/C23H28FN7O3/c1-22(2,3)16-7-14-20(25-4-5-31(14)30-16)26-17-6-13(28-29-17)19-18(24)15(11-33-19)34-21(32)27-23-8-12(9-23)10-23/h4-7,12,15,18-19H,8-11H2,1-3H3,(H,27,32)(H2,25,26,28,29)/t12?,15-,18-,19-,23?/m0/s1. The Kier molecular flexibility index (Phi) is 4.64. The summed E-state index contributed by atoms with van der Waals surface area (Å²) >= 11 is 0. The Balaban J connectivity index is 1.12. The molecule has 180 valence electrons. The highest BCUT2D eigenvalue weighted by Gasteiger charge is 2.58. The molecule has 3 N–H and O–H groups in total. The largest absolute Gasteiger partial charge is 0.441 e. The molecule has 3 atom stereocenters. The summed E-state index contributed by atoms with van der Waals surface area (Å²) in [5.41, 5.74) is 1.98. The quantitative estimate of drug-likeness (QED) is 0.523. The van der Waals surface area contributed by atoms with E-state index in [1.54, 1.807) is 23.0 Å². The van der Waals surface area contributed by atoms with Gasteiger partial charge < -0.3 is 20.1 Å². The second-order valence-electron chi connectivity index (χ2n) is 10.7. The fraction of sp³-hybridized carbons (Fsp3) is 0.565. The molecule has 4 aliphatic rings. The molecule has 1 aliphatic heterocycles. The zero-order valence-corrected chi connectivity index (χ0v) is 19.3. The first-order valence-corrected chi connectivity index (χ1v) is 11.6. The molecule has 34 heavy (non-hydrogen) atoms. The third kappa shape index (κ3) is 3.58. The van der Waals surface area contributed by atoms with Gasteiger partial charge in [0.25, 0.3) is 0 Å². The number of ether oxygens (including phenoxy) is 2. The molecule has 0 spiro atoms. The Morgan fingerprint density at radius 1 is 1.32 bits per heavy atom. The minimum absolute atomic E-state index is 0.0110. The number of carbonyl (C=O) groups excluding carboxylic acids is 1. The highest BCUT2D eigenvalue weighted by molar-refractivity contribution is 5.72. The minimum Gasteiger partial charge on any atom is -0.441 e. The van der Waals surface area contributed by atoms with E-state index in [4.69, 9.17) is 9.47 Å². The van der Waals surface area contributed by atoms with Crippen LogP contribution in [-0.2, 0) is 14.9 Å². The molecule has 1 amide bonds. The Bertz CT molecular complexity index is 1230. The maximum Gasteiger partial charge on any atom is 0.408 e. The molecule has 7 rings (SSSR count). The number of anilines is 2. The molecule has 0 aromatic carbocycles. The molecule has 2 bridgehead atoms. The first kappa shape index (κ1) is 21.3. The highest BCUT2D eigenvalue weighted by Crippen LogP contribution is 2.57. The Morgan fingerprint density at radius 3 is 2.82 bits per heavy atom. The molecule has 0 unspecified atom stereocenters. The summed E-state index contributed by atoms with van der Waals surface area (Å²) in [4.78, 5) is 16.6. The van der Waals surface area contributed by atoms with Gasteiger partial charge in [0, 0.05) is 29.4 Å². The molecular weight excluding hydrogens is 441 g/mol. The van der Waals surface area contributed by atoms with Crippen LogP contribution >= 0.6 is 0 Å². The van der Waals surface area contributed by atoms with Gasteiger partial charge in [-0.15, -0.1) is 0 Å². The first-order valence-electron chi connectivity index (χ1n) is 11.6. The normalized spacial score (nSPS) is 30.0. The van der Waals surface area contributed by atoms with Gasteiger partial charge in [-0.3, -0.25) is 5.10 Å². The van der Waals surface area contributed by atoms with Gasteiger partial charge >= 0.3 is 6.09 Å². The van der Waals surface area contributed by atoms with E-state index < -0.39 is 24.5 Å². The topological polar surface area (TPSA) is 118 Å². The van der Waals surface area contributed by atoms with E-state index in [2.05, 4.69) is 51.7 Å². The lowest BCUT2D eigenvalue weighted by atomic mass is 9.50. The van der Waals surface area contributed by atoms with Crippen LogP contribution in [0.25, 0.3) is 5.52 Å². The second kappa shape index (κ2) is 7.39. The lowest BCUT2D eigenvalue weighted by molar-refractivity contribution is -0.0528. The lowest BCUT2D eigenvalue weighted by Crippen LogP contribution is -2.68. The number of rotatable bonds is 5. The zero-order chi connectivity index (χ0) is 23.7. The van der Waals surface area contributed by atoms with E-state index >= 15 is 4.39 Å². The molecule has 3 aromatic heterocycles. The number of fused-ring (bicyclic) bond motifs is 1. The summed E-state index contributed by atoms with van der Waals surface area (Å²) in [5, 5.41) is 17.7. The minimum atomic E-state index is -1.50. The maximum absolute atomic E-state index is 15.1. The molecule has 3 saturated carbocycles. The van der Waals surface area contributed by atoms with Crippen molar-refractivity contribution in [3.63, 3.8) is 0 Å². The van der Waals surface area contributed by atoms with Gasteiger partial charge in [0.1, 0.15) is 11.6 Å². The van der Waals surface area contributed by atoms with Crippen molar-refractivity contribution in [1.82, 2.24) is 30.1 Å². The van der Waals surface area contributed by atoms with E-state index in [-0.39, 0.29) is 17.6 Å². The summed E-state index contributed by atoms with van der Waals surface area (Å²) in [6.45, 7) is 6.28. The lowest BCUT2D eigenvalue weighted by Gasteiger charge is -2.61. The molecule has 0 radical (unpaired) electrons. The molecule has 11 heteroatoms. The van der Waals surface area contributed by atoms with E-state index in [1.165, 1.54) is 0 Å². The van der Waals surface area contributed by atoms with Crippen LogP contribution in [0.15, 0.2) is 24.5 Å². The van der Waals surface area contributed by atoms with Crippen molar-refractivity contribution in [3.8, 4) is 0 Å². The van der Waals surface area contributed by atoms with Crippen LogP contribution in [0.4, 0.5) is 20.8 Å². The van der Waals surface area contributed by atoms with Gasteiger partial charge in [-0.05, 0) is 31.2 Å². The van der Waals surface area contributed by atoms with Gasteiger partial charge in [0.2, 0.25) is 0 Å². The van der Waals surface area contributed by atoms with Crippen LogP contribution < -0.4 is 10.6 Å². The summed E-state index contributed by atoms with van der Waals surface area (Å²) in [5.74, 6) is 1.78. The van der Waals surface area contributed by atoms with Crippen LogP contribution in [0.2, 0.25) is 0 Å². The SMILES string of the molecule is CC(C)(C)c1cc2c(Nc3cc([C@@H]4OC[C@H](OC(=O)NC56CC(C5)C6)[C@@H]4F)[nH]n3)nccn2n1. The van der Waals surface area contributed by atoms with Gasteiger partial charge in [-0.1, -0.05) is 20.8 Å². The second-order valence-corrected chi connectivity index (χ2v) is 10.7. The average molecular weight is 470 g/mol. The van der Waals surface area contributed by atoms with E-state index in [1.807, 2.05) is 6.07 Å². The highest BCUT2D eigenvalue weighted by atomic mass is 19.1. The number of H-pyrrole nitrogens is 1. The maximum atomic E-state index is 15.1. The van der Waals surface area contributed by atoms with Crippen molar-refractivity contribution in [2.24, 2.45) is 5.92 Å². The number of nitrogens with one attached hydrogen (secondary N) is 3. The Morgan fingerprint density at radius 2 is 2.12 bits per heavy atom. The summed E-state index contributed by atoms with van der Waals surface area (Å²) in [6, 6.07) is 3.66. The van der Waals surface area contributed by atoms with Crippen molar-refractivity contribution >= 4 is 23.2 Å². The molecule has 10 nitrogen and oxygen atoms in total. The summed E-state index contributed by atoms with van der Waals surface area (Å²) < 4.78 is 27.8. The molecule has 3 aliphatic carbocycles. The number of aromatic nitrogens is 5. The number of hydrogen-bond acceptors (Lipinski definition) is 7. The van der Waals surface area contributed by atoms with E-state index in [9.17, 15) is 4.79 Å². The van der Waals surface area contributed by atoms with E-state index in [0.29, 0.717) is 17.3 Å². The van der Waals surface area contributed by atoms with Crippen LogP contribution in [0.1, 0.15) is 57.5 Å². The molecule has 4 fully saturated rings. The summed E-state index contributed by atoms with van der Waals surface area (Å²) in [7, 11) is 0. The number of carbonyl (C=O) groups is 1. The number of halogens is 1. The van der Waals surface area contributed by atoms with Crippen molar-refractivity contribution in [2.75, 3.05) is 11.9 Å². The van der Waals surface area contributed by atoms with Crippen molar-refractivity contribution in [2.45, 2.75) is 69.4 Å². The van der Waals surface area contributed by atoms with E-state index in [0.717, 1.165) is 36.4 Å². The van der Waals surface area contributed by atoms with Crippen LogP contribution in [0.3, 0.4) is 0 Å². The van der Waals surface area contributed by atoms with Gasteiger partial charge in [0.05, 0.1) is 18.0 Å². The van der Waals surface area contributed by atoms with Gasteiger partial charge in [-0.25, -0.2) is 18.7 Å². The number of alkyl carbamates (subject to hydrolysis) is 1. The third-order valence-corrected chi connectivity index (χ3v) is 7.06. The summed E-state index contributed by atoms with van der Waals surface area (Å²) in [6.07, 6.45) is 2.48. The number of aromatic amines is 1. The molecule has 4 heterocycles. The number of nitrogens with zero attached hydrogens (tertiary/aromatic N) is 4. The monoisotopic (exact) mass is 469 g/mol. The number of hydrogen-bond donors (Lipinski definition) is 3. The Labute approximate surface area is 195 Å². The smallest absolute Gasteiger partial charge is 0.408 e. The fourth-order valence-electron chi connectivity index (χ4n) is 5.01. The van der Waals surface area contributed by atoms with Crippen LogP contribution in [0, 0.1) is 5.92 Å². The molecule has 1 saturated heterocycles. The number of amides is 1. The van der Waals surface area contributed by atoms with Gasteiger partial charge in [0.15, 0.2) is 23.9 Å². The predicted octanol–water partition coefficient (Wildman–Crippen LogP) is 3.55. The average Bonchev–Trinajstić information content (AvgIpc) is 3.43. The van der Waals surface area contributed by atoms with Crippen LogP contribution in [-0.4, -0.2) is 55.3 Å². The molecular formula is C23H28FN7O3. The molecule has 3 aromatic rings. The van der Waals surface area contributed by atoms with Crippen molar-refractivity contribution in [1.29, 1.82) is 0 Å². The first-order chi connectivity index (χ1) is 16.2. The van der Waals surface area contributed by atoms with Crippen LogP contribution in [0.5, 0.6) is 0 Å². The third-order valence-electron chi connectivity index (χ3n) is 7.06. The zero-order valence-electron chi connectivity index (χ0n) is 19.3. The van der Waals surface area contributed by atoms with Crippen molar-refractivity contribution in [3.05, 3.63) is 35.9 Å². The van der Waals surface area contributed by atoms with Gasteiger partial charge in [-0.2, -0.15) is 10.2 Å². The predicted molar refractivity (Wildman–Crippen MR) is 121 cm³/mol. The fourth-order valence-corrected chi connectivity index (χ4v) is 5.01.